The zero-order valence-electron chi connectivity index (χ0n) is 11.2. The number of hydrogen-bond acceptors (Lipinski definition) is 4. The largest absolute Gasteiger partial charge is 0.510 e. The van der Waals surface area contributed by atoms with Crippen molar-refractivity contribution in [1.82, 2.24) is 10.6 Å². The number of fused-ring (bicyclic) bond motifs is 1. The Morgan fingerprint density at radius 2 is 2.20 bits per heavy atom. The molecular weight excluding hydrogens is 258 g/mol. The number of allylic oxidation sites excluding steroid dienone is 4. The number of nitrogens with one attached hydrogen (secondary N) is 2. The van der Waals surface area contributed by atoms with Crippen LogP contribution >= 0.6 is 0 Å². The lowest BCUT2D eigenvalue weighted by atomic mass is 9.90. The maximum absolute atomic E-state index is 12.0. The van der Waals surface area contributed by atoms with E-state index in [0.29, 0.717) is 18.8 Å². The number of dihydropyridines is 1. The van der Waals surface area contributed by atoms with Crippen LogP contribution < -0.4 is 10.6 Å². The van der Waals surface area contributed by atoms with Crippen LogP contribution in [0.1, 0.15) is 6.92 Å². The molecule has 0 aromatic heterocycles. The molecule has 1 aliphatic heterocycles. The van der Waals surface area contributed by atoms with Crippen LogP contribution in [0.15, 0.2) is 40.6 Å². The number of nitrogens with zero attached hydrogens (tertiary/aromatic N) is 1. The maximum atomic E-state index is 12.0. The van der Waals surface area contributed by atoms with E-state index in [9.17, 15) is 14.7 Å². The average molecular weight is 275 g/mol. The van der Waals surface area contributed by atoms with Gasteiger partial charge in [-0.3, -0.25) is 9.59 Å². The molecule has 1 aliphatic carbocycles. The molecule has 0 bridgehead atoms. The Hall–Kier alpha value is -2.21. The molecule has 0 spiro atoms. The van der Waals surface area contributed by atoms with Gasteiger partial charge in [0.25, 0.3) is 11.8 Å². The maximum Gasteiger partial charge on any atom is 0.286 e. The molecule has 106 valence electrons. The first kappa shape index (κ1) is 14.2. The van der Waals surface area contributed by atoms with E-state index >= 15 is 0 Å². The van der Waals surface area contributed by atoms with Gasteiger partial charge in [-0.1, -0.05) is 25.2 Å². The second kappa shape index (κ2) is 6.29. The molecule has 0 aromatic rings. The fraction of sp³-hybridized carbons (Fsp3) is 0.357. The molecule has 2 amide bonds. The highest BCUT2D eigenvalue weighted by molar-refractivity contribution is 6.25. The first-order valence-corrected chi connectivity index (χ1v) is 6.55. The van der Waals surface area contributed by atoms with E-state index in [4.69, 9.17) is 0 Å². The summed E-state index contributed by atoms with van der Waals surface area (Å²) in [6.07, 6.45) is 6.83. The Morgan fingerprint density at radius 1 is 1.40 bits per heavy atom. The molecule has 0 radical (unpaired) electrons. The molecule has 6 nitrogen and oxygen atoms in total. The highest BCUT2D eigenvalue weighted by Crippen LogP contribution is 2.25. The van der Waals surface area contributed by atoms with Gasteiger partial charge in [0, 0.05) is 13.1 Å². The number of amides is 2. The SMILES string of the molecule is CCNCCNC(=O)C1=C(O)C2C=CC=CC2=NC1=O. The van der Waals surface area contributed by atoms with E-state index in [2.05, 4.69) is 15.6 Å². The van der Waals surface area contributed by atoms with E-state index < -0.39 is 17.7 Å². The van der Waals surface area contributed by atoms with Gasteiger partial charge in [0.1, 0.15) is 11.3 Å². The minimum Gasteiger partial charge on any atom is -0.510 e. The standard InChI is InChI=1S/C14H17N3O3/c1-2-15-7-8-16-13(19)11-12(18)9-5-3-4-6-10(9)17-14(11)20/h3-6,9,15,18H,2,7-8H2,1H3,(H,16,19). The van der Waals surface area contributed by atoms with Gasteiger partial charge in [-0.25, -0.2) is 4.99 Å². The van der Waals surface area contributed by atoms with Gasteiger partial charge in [0.15, 0.2) is 0 Å². The van der Waals surface area contributed by atoms with Crippen molar-refractivity contribution in [2.24, 2.45) is 10.9 Å². The Bertz CT molecular complexity index is 544. The highest BCUT2D eigenvalue weighted by atomic mass is 16.3. The van der Waals surface area contributed by atoms with Crippen molar-refractivity contribution in [2.45, 2.75) is 6.92 Å². The molecule has 0 aromatic carbocycles. The van der Waals surface area contributed by atoms with Crippen molar-refractivity contribution < 1.29 is 14.7 Å². The number of aliphatic hydroxyl groups is 1. The molecule has 1 heterocycles. The Kier molecular flexibility index (Phi) is 4.47. The number of likely N-dealkylation sites (N-methyl/N-ethyl adjacent to an activating group) is 1. The molecule has 0 saturated heterocycles. The summed E-state index contributed by atoms with van der Waals surface area (Å²) < 4.78 is 0. The van der Waals surface area contributed by atoms with Crippen molar-refractivity contribution in [3.8, 4) is 0 Å². The lowest BCUT2D eigenvalue weighted by Crippen LogP contribution is -2.37. The van der Waals surface area contributed by atoms with Gasteiger partial charge in [-0.2, -0.15) is 0 Å². The van der Waals surface area contributed by atoms with Crippen LogP contribution in [0.5, 0.6) is 0 Å². The third-order valence-electron chi connectivity index (χ3n) is 3.06. The summed E-state index contributed by atoms with van der Waals surface area (Å²) in [5, 5.41) is 15.8. The van der Waals surface area contributed by atoms with Crippen molar-refractivity contribution in [3.63, 3.8) is 0 Å². The molecule has 6 heteroatoms. The van der Waals surface area contributed by atoms with Crippen molar-refractivity contribution >= 4 is 17.5 Å². The topological polar surface area (TPSA) is 90.8 Å². The van der Waals surface area contributed by atoms with Crippen molar-refractivity contribution in [2.75, 3.05) is 19.6 Å². The van der Waals surface area contributed by atoms with E-state index in [1.807, 2.05) is 6.92 Å². The van der Waals surface area contributed by atoms with Crippen molar-refractivity contribution in [3.05, 3.63) is 35.6 Å². The molecular formula is C14H17N3O3. The summed E-state index contributed by atoms with van der Waals surface area (Å²) in [5.41, 5.74) is 0.189. The third-order valence-corrected chi connectivity index (χ3v) is 3.06. The first-order valence-electron chi connectivity index (χ1n) is 6.55. The van der Waals surface area contributed by atoms with Crippen LogP contribution in [-0.2, 0) is 9.59 Å². The minimum atomic E-state index is -0.699. The van der Waals surface area contributed by atoms with Gasteiger partial charge in [0.2, 0.25) is 0 Å². The zero-order valence-corrected chi connectivity index (χ0v) is 11.2. The Morgan fingerprint density at radius 3 is 2.95 bits per heavy atom. The Labute approximate surface area is 117 Å². The van der Waals surface area contributed by atoms with E-state index in [1.54, 1.807) is 24.3 Å². The van der Waals surface area contributed by atoms with E-state index in [0.717, 1.165) is 6.54 Å². The number of carbonyl (C=O) groups is 2. The minimum absolute atomic E-state index is 0.235. The van der Waals surface area contributed by atoms with Crippen LogP contribution in [0.2, 0.25) is 0 Å². The molecule has 20 heavy (non-hydrogen) atoms. The van der Waals surface area contributed by atoms with Crippen LogP contribution in [0.4, 0.5) is 0 Å². The number of carbonyl (C=O) groups excluding carboxylic acids is 2. The molecule has 1 unspecified atom stereocenters. The fourth-order valence-electron chi connectivity index (χ4n) is 2.05. The predicted molar refractivity (Wildman–Crippen MR) is 75.4 cm³/mol. The summed E-state index contributed by atoms with van der Waals surface area (Å²) >= 11 is 0. The predicted octanol–water partition coefficient (Wildman–Crippen LogP) is 0.248. The van der Waals surface area contributed by atoms with Crippen LogP contribution in [0.3, 0.4) is 0 Å². The average Bonchev–Trinajstić information content (AvgIpc) is 2.43. The highest BCUT2D eigenvalue weighted by Gasteiger charge is 2.33. The van der Waals surface area contributed by atoms with E-state index in [1.165, 1.54) is 0 Å². The molecule has 2 aliphatic rings. The second-order valence-electron chi connectivity index (χ2n) is 4.43. The smallest absolute Gasteiger partial charge is 0.286 e. The Balaban J connectivity index is 2.10. The van der Waals surface area contributed by atoms with Gasteiger partial charge in [0.05, 0.1) is 11.6 Å². The molecule has 2 rings (SSSR count). The number of aliphatic hydroxyl groups excluding tert-OH is 1. The van der Waals surface area contributed by atoms with Crippen molar-refractivity contribution in [1.29, 1.82) is 0 Å². The summed E-state index contributed by atoms with van der Waals surface area (Å²) in [7, 11) is 0. The van der Waals surface area contributed by atoms with Gasteiger partial charge in [-0.05, 0) is 12.6 Å². The van der Waals surface area contributed by atoms with Gasteiger partial charge < -0.3 is 15.7 Å². The normalized spacial score (nSPS) is 20.8. The monoisotopic (exact) mass is 275 g/mol. The summed E-state index contributed by atoms with van der Waals surface area (Å²) in [4.78, 5) is 27.7. The van der Waals surface area contributed by atoms with E-state index in [-0.39, 0.29) is 11.3 Å². The number of rotatable bonds is 5. The summed E-state index contributed by atoms with van der Waals surface area (Å²) in [6.45, 7) is 3.74. The summed E-state index contributed by atoms with van der Waals surface area (Å²) in [6, 6.07) is 0. The molecule has 0 fully saturated rings. The molecule has 1 atom stereocenters. The fourth-order valence-corrected chi connectivity index (χ4v) is 2.05. The second-order valence-corrected chi connectivity index (χ2v) is 4.43. The van der Waals surface area contributed by atoms with Crippen LogP contribution in [0, 0.1) is 5.92 Å². The van der Waals surface area contributed by atoms with Crippen LogP contribution in [0.25, 0.3) is 0 Å². The van der Waals surface area contributed by atoms with Gasteiger partial charge in [-0.15, -0.1) is 0 Å². The lowest BCUT2D eigenvalue weighted by molar-refractivity contribution is -0.122. The quantitative estimate of drug-likeness (QED) is 0.495. The number of aliphatic imine (C=N–C) groups is 1. The lowest BCUT2D eigenvalue weighted by Gasteiger charge is -2.21. The van der Waals surface area contributed by atoms with Crippen LogP contribution in [-0.4, -0.2) is 42.3 Å². The zero-order chi connectivity index (χ0) is 14.5. The molecule has 3 N–H and O–H groups in total. The first-order chi connectivity index (χ1) is 9.65. The van der Waals surface area contributed by atoms with Gasteiger partial charge >= 0.3 is 0 Å². The summed E-state index contributed by atoms with van der Waals surface area (Å²) in [5.74, 6) is -2.03. The third kappa shape index (κ3) is 2.85. The molecule has 0 saturated carbocycles. The number of hydrogen-bond donors (Lipinski definition) is 3.